The van der Waals surface area contributed by atoms with Crippen LogP contribution >= 0.6 is 0 Å². The molecule has 1 N–H and O–H groups in total. The summed E-state index contributed by atoms with van der Waals surface area (Å²) in [6.07, 6.45) is 3.08. The predicted octanol–water partition coefficient (Wildman–Crippen LogP) is 1.18. The van der Waals surface area contributed by atoms with Gasteiger partial charge < -0.3 is 19.7 Å². The van der Waals surface area contributed by atoms with E-state index in [-0.39, 0.29) is 0 Å². The number of rotatable bonds is 8. The summed E-state index contributed by atoms with van der Waals surface area (Å²) >= 11 is 0. The van der Waals surface area contributed by atoms with E-state index in [0.717, 1.165) is 50.1 Å². The molecular formula is C18H28N6O2. The SMILES string of the molecule is CCNC(=NCc1nnc2ccccn12)N1CCC(COCCOC)C1. The van der Waals surface area contributed by atoms with Crippen LogP contribution in [0.1, 0.15) is 19.2 Å². The van der Waals surface area contributed by atoms with E-state index in [4.69, 9.17) is 14.5 Å². The van der Waals surface area contributed by atoms with Gasteiger partial charge in [-0.3, -0.25) is 4.40 Å². The highest BCUT2D eigenvalue weighted by Crippen LogP contribution is 2.17. The van der Waals surface area contributed by atoms with Gasteiger partial charge in [0.25, 0.3) is 0 Å². The largest absolute Gasteiger partial charge is 0.382 e. The number of aromatic nitrogens is 3. The summed E-state index contributed by atoms with van der Waals surface area (Å²) < 4.78 is 12.7. The number of fused-ring (bicyclic) bond motifs is 1. The summed E-state index contributed by atoms with van der Waals surface area (Å²) in [6, 6.07) is 5.88. The highest BCUT2D eigenvalue weighted by atomic mass is 16.5. The number of nitrogens with zero attached hydrogens (tertiary/aromatic N) is 5. The van der Waals surface area contributed by atoms with Crippen molar-refractivity contribution < 1.29 is 9.47 Å². The molecule has 0 aliphatic carbocycles. The molecule has 2 aromatic heterocycles. The van der Waals surface area contributed by atoms with Crippen molar-refractivity contribution in [3.05, 3.63) is 30.2 Å². The second-order valence-corrected chi connectivity index (χ2v) is 6.38. The van der Waals surface area contributed by atoms with Crippen molar-refractivity contribution in [2.75, 3.05) is 46.6 Å². The van der Waals surface area contributed by atoms with Gasteiger partial charge in [0, 0.05) is 38.9 Å². The summed E-state index contributed by atoms with van der Waals surface area (Å²) in [5.74, 6) is 2.30. The molecule has 0 saturated carbocycles. The molecule has 1 fully saturated rings. The van der Waals surface area contributed by atoms with Crippen LogP contribution in [0.25, 0.3) is 5.65 Å². The van der Waals surface area contributed by atoms with Crippen LogP contribution in [-0.4, -0.2) is 72.0 Å². The fourth-order valence-corrected chi connectivity index (χ4v) is 3.12. The van der Waals surface area contributed by atoms with Crippen molar-refractivity contribution in [1.82, 2.24) is 24.8 Å². The third-order valence-corrected chi connectivity index (χ3v) is 4.46. The Morgan fingerprint density at radius 3 is 3.12 bits per heavy atom. The van der Waals surface area contributed by atoms with Crippen molar-refractivity contribution in [2.24, 2.45) is 10.9 Å². The monoisotopic (exact) mass is 360 g/mol. The average Bonchev–Trinajstić information content (AvgIpc) is 3.30. The first-order chi connectivity index (χ1) is 12.8. The van der Waals surface area contributed by atoms with Gasteiger partial charge in [-0.25, -0.2) is 4.99 Å². The summed E-state index contributed by atoms with van der Waals surface area (Å²) in [5, 5.41) is 11.8. The quantitative estimate of drug-likeness (QED) is 0.433. The van der Waals surface area contributed by atoms with E-state index in [1.807, 2.05) is 28.8 Å². The van der Waals surface area contributed by atoms with Crippen molar-refractivity contribution >= 4 is 11.6 Å². The number of hydrogen-bond acceptors (Lipinski definition) is 5. The molecular weight excluding hydrogens is 332 g/mol. The lowest BCUT2D eigenvalue weighted by Crippen LogP contribution is -2.40. The maximum atomic E-state index is 5.68. The fourth-order valence-electron chi connectivity index (χ4n) is 3.12. The summed E-state index contributed by atoms with van der Waals surface area (Å²) in [7, 11) is 1.69. The van der Waals surface area contributed by atoms with Gasteiger partial charge in [-0.15, -0.1) is 10.2 Å². The van der Waals surface area contributed by atoms with Gasteiger partial charge in [0.15, 0.2) is 17.4 Å². The number of methoxy groups -OCH3 is 1. The van der Waals surface area contributed by atoms with Crippen LogP contribution in [-0.2, 0) is 16.0 Å². The van der Waals surface area contributed by atoms with Crippen LogP contribution in [0.2, 0.25) is 0 Å². The van der Waals surface area contributed by atoms with Crippen LogP contribution in [0.15, 0.2) is 29.4 Å². The molecule has 142 valence electrons. The lowest BCUT2D eigenvalue weighted by Gasteiger charge is -2.21. The Morgan fingerprint density at radius 2 is 2.27 bits per heavy atom. The molecule has 1 aliphatic rings. The molecule has 0 spiro atoms. The highest BCUT2D eigenvalue weighted by Gasteiger charge is 2.25. The molecule has 3 rings (SSSR count). The zero-order valence-corrected chi connectivity index (χ0v) is 15.6. The van der Waals surface area contributed by atoms with Crippen molar-refractivity contribution in [1.29, 1.82) is 0 Å². The number of ether oxygens (including phenoxy) is 2. The van der Waals surface area contributed by atoms with Crippen LogP contribution in [0.4, 0.5) is 0 Å². The Morgan fingerprint density at radius 1 is 1.35 bits per heavy atom. The van der Waals surface area contributed by atoms with E-state index in [0.29, 0.717) is 25.7 Å². The number of hydrogen-bond donors (Lipinski definition) is 1. The van der Waals surface area contributed by atoms with Crippen LogP contribution in [0.3, 0.4) is 0 Å². The molecule has 1 unspecified atom stereocenters. The number of nitrogens with one attached hydrogen (secondary N) is 1. The Bertz CT molecular complexity index is 717. The molecule has 0 amide bonds. The van der Waals surface area contributed by atoms with Gasteiger partial charge in [0.05, 0.1) is 19.8 Å². The summed E-state index contributed by atoms with van der Waals surface area (Å²) in [6.45, 7) is 7.44. The van der Waals surface area contributed by atoms with E-state index in [2.05, 4.69) is 27.3 Å². The second kappa shape index (κ2) is 9.49. The van der Waals surface area contributed by atoms with Gasteiger partial charge in [0.2, 0.25) is 0 Å². The van der Waals surface area contributed by atoms with Gasteiger partial charge in [-0.2, -0.15) is 0 Å². The van der Waals surface area contributed by atoms with Gasteiger partial charge >= 0.3 is 0 Å². The highest BCUT2D eigenvalue weighted by molar-refractivity contribution is 5.80. The molecule has 1 atom stereocenters. The summed E-state index contributed by atoms with van der Waals surface area (Å²) in [4.78, 5) is 7.08. The third-order valence-electron chi connectivity index (χ3n) is 4.46. The molecule has 8 nitrogen and oxygen atoms in total. The lowest BCUT2D eigenvalue weighted by molar-refractivity contribution is 0.0536. The first-order valence-electron chi connectivity index (χ1n) is 9.20. The molecule has 26 heavy (non-hydrogen) atoms. The van der Waals surface area contributed by atoms with E-state index in [1.54, 1.807) is 7.11 Å². The lowest BCUT2D eigenvalue weighted by atomic mass is 10.1. The Hall–Kier alpha value is -2.19. The number of likely N-dealkylation sites (tertiary alicyclic amines) is 1. The van der Waals surface area contributed by atoms with Crippen molar-refractivity contribution in [3.8, 4) is 0 Å². The van der Waals surface area contributed by atoms with Gasteiger partial charge in [-0.05, 0) is 25.5 Å². The standard InChI is InChI=1S/C18H28N6O2/c1-3-19-18(23-9-7-15(13-23)14-26-11-10-25-2)20-12-17-22-21-16-6-4-5-8-24(16)17/h4-6,8,15H,3,7,9-14H2,1-2H3,(H,19,20). The normalized spacial score (nSPS) is 18.0. The first kappa shape index (κ1) is 18.6. The molecule has 3 heterocycles. The minimum atomic E-state index is 0.499. The molecule has 1 saturated heterocycles. The van der Waals surface area contributed by atoms with Crippen LogP contribution in [0.5, 0.6) is 0 Å². The average molecular weight is 360 g/mol. The molecule has 0 radical (unpaired) electrons. The molecule has 0 bridgehead atoms. The van der Waals surface area contributed by atoms with E-state index in [1.165, 1.54) is 0 Å². The number of guanidine groups is 1. The predicted molar refractivity (Wildman–Crippen MR) is 100 cm³/mol. The van der Waals surface area contributed by atoms with E-state index in [9.17, 15) is 0 Å². The van der Waals surface area contributed by atoms with E-state index < -0.39 is 0 Å². The van der Waals surface area contributed by atoms with Crippen LogP contribution in [0, 0.1) is 5.92 Å². The Balaban J connectivity index is 1.59. The maximum Gasteiger partial charge on any atom is 0.194 e. The first-order valence-corrected chi connectivity index (χ1v) is 9.20. The molecule has 8 heteroatoms. The fraction of sp³-hybridized carbons (Fsp3) is 0.611. The molecule has 2 aromatic rings. The smallest absolute Gasteiger partial charge is 0.194 e. The maximum absolute atomic E-state index is 5.68. The second-order valence-electron chi connectivity index (χ2n) is 6.38. The minimum absolute atomic E-state index is 0.499. The molecule has 1 aliphatic heterocycles. The Labute approximate surface area is 154 Å². The summed E-state index contributed by atoms with van der Waals surface area (Å²) in [5.41, 5.74) is 0.845. The number of pyridine rings is 1. The minimum Gasteiger partial charge on any atom is -0.382 e. The van der Waals surface area contributed by atoms with Crippen molar-refractivity contribution in [2.45, 2.75) is 19.9 Å². The topological polar surface area (TPSA) is 76.3 Å². The van der Waals surface area contributed by atoms with Crippen LogP contribution < -0.4 is 5.32 Å². The van der Waals surface area contributed by atoms with Gasteiger partial charge in [-0.1, -0.05) is 6.07 Å². The Kier molecular flexibility index (Phi) is 6.79. The van der Waals surface area contributed by atoms with Gasteiger partial charge in [0.1, 0.15) is 6.54 Å². The van der Waals surface area contributed by atoms with Crippen molar-refractivity contribution in [3.63, 3.8) is 0 Å². The molecule has 0 aromatic carbocycles. The zero-order chi connectivity index (χ0) is 18.2. The third kappa shape index (κ3) is 4.70. The number of aliphatic imine (C=N–C) groups is 1. The van der Waals surface area contributed by atoms with E-state index >= 15 is 0 Å². The zero-order valence-electron chi connectivity index (χ0n) is 15.6.